The van der Waals surface area contributed by atoms with Crippen molar-refractivity contribution in [2.45, 2.75) is 5.25 Å². The number of nitrogens with one attached hydrogen (secondary N) is 3. The Kier molecular flexibility index (Phi) is 7.50. The number of halogens is 2. The van der Waals surface area contributed by atoms with E-state index in [-0.39, 0.29) is 22.8 Å². The number of carbonyl (C=O) groups excluding carboxylic acids is 1. The quantitative estimate of drug-likeness (QED) is 0.259. The molecule has 0 radical (unpaired) electrons. The van der Waals surface area contributed by atoms with Gasteiger partial charge in [0.15, 0.2) is 0 Å². The van der Waals surface area contributed by atoms with Crippen molar-refractivity contribution in [2.75, 3.05) is 17.7 Å². The number of nitrogens with zero attached hydrogens (tertiary/aromatic N) is 2. The summed E-state index contributed by atoms with van der Waals surface area (Å²) in [5, 5.41) is 13.7. The lowest BCUT2D eigenvalue weighted by atomic mass is 10.1. The van der Waals surface area contributed by atoms with Crippen LogP contribution in [0, 0.1) is 23.0 Å². The zero-order valence-corrected chi connectivity index (χ0v) is 20.1. The van der Waals surface area contributed by atoms with Crippen LogP contribution in [-0.4, -0.2) is 23.1 Å². The molecule has 4 aromatic rings. The number of hydrogen-bond donors (Lipinski definition) is 4. The van der Waals surface area contributed by atoms with Crippen LogP contribution in [0.15, 0.2) is 71.5 Å². The lowest BCUT2D eigenvalue weighted by Crippen LogP contribution is -2.20. The van der Waals surface area contributed by atoms with Crippen LogP contribution in [0.3, 0.4) is 0 Å². The van der Waals surface area contributed by atoms with E-state index in [0.29, 0.717) is 28.6 Å². The normalized spacial score (nSPS) is 11.3. The van der Waals surface area contributed by atoms with E-state index in [9.17, 15) is 23.6 Å². The summed E-state index contributed by atoms with van der Waals surface area (Å²) in [7, 11) is 1.50. The van der Waals surface area contributed by atoms with Gasteiger partial charge in [-0.2, -0.15) is 17.9 Å². The van der Waals surface area contributed by atoms with Crippen LogP contribution in [0.1, 0.15) is 22.2 Å². The molecule has 2 amide bonds. The maximum absolute atomic E-state index is 13.4. The number of methoxy groups -OCH3 is 1. The highest BCUT2D eigenvalue weighted by Crippen LogP contribution is 2.30. The average Bonchev–Trinajstić information content (AvgIpc) is 2.87. The molecule has 4 rings (SSSR count). The zero-order valence-electron chi connectivity index (χ0n) is 19.3. The third-order valence-corrected chi connectivity index (χ3v) is 5.78. The zero-order chi connectivity index (χ0) is 26.5. The summed E-state index contributed by atoms with van der Waals surface area (Å²) in [5.41, 5.74) is 0.790. The number of H-pyrrole nitrogens is 1. The van der Waals surface area contributed by atoms with Crippen molar-refractivity contribution >= 4 is 30.0 Å². The highest BCUT2D eigenvalue weighted by molar-refractivity contribution is 7.80. The van der Waals surface area contributed by atoms with Gasteiger partial charge in [0, 0.05) is 23.0 Å². The summed E-state index contributed by atoms with van der Waals surface area (Å²) < 4.78 is 32.0. The monoisotopic (exact) mass is 519 g/mol. The maximum Gasteiger partial charge on any atom is 0.323 e. The first-order valence-corrected chi connectivity index (χ1v) is 11.3. The van der Waals surface area contributed by atoms with Gasteiger partial charge in [-0.05, 0) is 42.0 Å². The highest BCUT2D eigenvalue weighted by atomic mass is 32.1. The predicted molar refractivity (Wildman–Crippen MR) is 138 cm³/mol. The molecule has 8 nitrogen and oxygen atoms in total. The number of carbonyl (C=O) groups is 1. The Hall–Kier alpha value is -4.69. The van der Waals surface area contributed by atoms with Crippen LogP contribution in [0.25, 0.3) is 11.3 Å². The van der Waals surface area contributed by atoms with E-state index in [4.69, 9.17) is 4.74 Å². The largest absolute Gasteiger partial charge is 0.497 e. The number of aromatic nitrogens is 2. The molecule has 0 aliphatic carbocycles. The predicted octanol–water partition coefficient (Wildman–Crippen LogP) is 5.26. The van der Waals surface area contributed by atoms with E-state index in [1.807, 2.05) is 6.07 Å². The molecule has 0 aliphatic heterocycles. The molecule has 0 fully saturated rings. The van der Waals surface area contributed by atoms with Crippen molar-refractivity contribution in [1.29, 1.82) is 5.26 Å². The first kappa shape index (κ1) is 25.4. The second-order valence-electron chi connectivity index (χ2n) is 7.78. The van der Waals surface area contributed by atoms with Gasteiger partial charge in [-0.15, -0.1) is 0 Å². The Labute approximate surface area is 215 Å². The summed E-state index contributed by atoms with van der Waals surface area (Å²) in [6.45, 7) is 0. The number of aromatic amines is 1. The van der Waals surface area contributed by atoms with E-state index in [2.05, 4.69) is 33.2 Å². The Balaban J connectivity index is 1.61. The van der Waals surface area contributed by atoms with Crippen molar-refractivity contribution in [3.63, 3.8) is 0 Å². The van der Waals surface area contributed by atoms with Crippen LogP contribution in [0.4, 0.5) is 25.0 Å². The minimum Gasteiger partial charge on any atom is -0.497 e. The van der Waals surface area contributed by atoms with E-state index >= 15 is 0 Å². The molecule has 0 bridgehead atoms. The molecule has 37 heavy (non-hydrogen) atoms. The number of hydrogen-bond acceptors (Lipinski definition) is 6. The van der Waals surface area contributed by atoms with Crippen molar-refractivity contribution in [2.24, 2.45) is 0 Å². The topological polar surface area (TPSA) is 120 Å². The SMILES string of the molecule is COc1cccc(-c2nc(C(S)c3cccc(NC(=O)Nc4cc(F)cc(F)c4)c3)[nH]c(=O)c2C#N)c1. The van der Waals surface area contributed by atoms with Gasteiger partial charge in [0.25, 0.3) is 5.56 Å². The number of urea groups is 1. The maximum atomic E-state index is 13.4. The number of nitriles is 1. The van der Waals surface area contributed by atoms with E-state index < -0.39 is 28.5 Å². The molecule has 1 aromatic heterocycles. The summed E-state index contributed by atoms with van der Waals surface area (Å²) in [6, 6.07) is 17.2. The molecule has 1 atom stereocenters. The second kappa shape index (κ2) is 10.9. The fraction of sp³-hybridized carbons (Fsp3) is 0.0769. The van der Waals surface area contributed by atoms with Gasteiger partial charge in [-0.25, -0.2) is 18.6 Å². The fourth-order valence-corrected chi connectivity index (χ4v) is 3.85. The summed E-state index contributed by atoms with van der Waals surface area (Å²) in [5.74, 6) is -0.938. The van der Waals surface area contributed by atoms with Gasteiger partial charge < -0.3 is 20.4 Å². The van der Waals surface area contributed by atoms with Crippen LogP contribution in [-0.2, 0) is 0 Å². The minimum atomic E-state index is -0.826. The first-order chi connectivity index (χ1) is 17.8. The van der Waals surface area contributed by atoms with E-state index in [1.165, 1.54) is 7.11 Å². The number of thiol groups is 1. The number of anilines is 2. The fourth-order valence-electron chi connectivity index (χ4n) is 3.57. The van der Waals surface area contributed by atoms with Crippen molar-refractivity contribution in [3.8, 4) is 23.1 Å². The smallest absolute Gasteiger partial charge is 0.323 e. The number of rotatable bonds is 6. The van der Waals surface area contributed by atoms with Gasteiger partial charge in [0.2, 0.25) is 0 Å². The Morgan fingerprint density at radius 3 is 2.46 bits per heavy atom. The summed E-state index contributed by atoms with van der Waals surface area (Å²) in [4.78, 5) is 32.1. The summed E-state index contributed by atoms with van der Waals surface area (Å²) in [6.07, 6.45) is 0. The molecule has 1 unspecified atom stereocenters. The molecular weight excluding hydrogens is 500 g/mol. The van der Waals surface area contributed by atoms with E-state index in [1.54, 1.807) is 48.5 Å². The molecule has 3 aromatic carbocycles. The van der Waals surface area contributed by atoms with Crippen LogP contribution >= 0.6 is 12.6 Å². The third-order valence-electron chi connectivity index (χ3n) is 5.23. The molecule has 3 N–H and O–H groups in total. The number of benzene rings is 3. The summed E-state index contributed by atoms with van der Waals surface area (Å²) >= 11 is 4.61. The molecule has 11 heteroatoms. The number of amides is 2. The van der Waals surface area contributed by atoms with Gasteiger partial charge in [0.1, 0.15) is 34.8 Å². The highest BCUT2D eigenvalue weighted by Gasteiger charge is 2.19. The number of ether oxygens (including phenoxy) is 1. The minimum absolute atomic E-state index is 0.0531. The Bertz CT molecular complexity index is 1570. The van der Waals surface area contributed by atoms with Crippen molar-refractivity contribution in [3.05, 3.63) is 106 Å². The average molecular weight is 520 g/mol. The molecule has 0 saturated carbocycles. The molecule has 0 aliphatic rings. The Morgan fingerprint density at radius 2 is 1.76 bits per heavy atom. The lowest BCUT2D eigenvalue weighted by Gasteiger charge is -2.15. The molecule has 0 spiro atoms. The molecule has 0 saturated heterocycles. The Morgan fingerprint density at radius 1 is 1.05 bits per heavy atom. The van der Waals surface area contributed by atoms with Gasteiger partial charge in [0.05, 0.1) is 18.1 Å². The lowest BCUT2D eigenvalue weighted by molar-refractivity contribution is 0.262. The van der Waals surface area contributed by atoms with E-state index in [0.717, 1.165) is 12.1 Å². The van der Waals surface area contributed by atoms with Crippen molar-refractivity contribution in [1.82, 2.24) is 9.97 Å². The van der Waals surface area contributed by atoms with Gasteiger partial charge >= 0.3 is 6.03 Å². The van der Waals surface area contributed by atoms with Gasteiger partial charge in [-0.3, -0.25) is 4.79 Å². The molecular formula is C26H19F2N5O3S. The van der Waals surface area contributed by atoms with Crippen LogP contribution in [0.2, 0.25) is 0 Å². The molecule has 1 heterocycles. The van der Waals surface area contributed by atoms with Crippen molar-refractivity contribution < 1.29 is 18.3 Å². The van der Waals surface area contributed by atoms with Gasteiger partial charge in [-0.1, -0.05) is 24.3 Å². The molecule has 186 valence electrons. The third kappa shape index (κ3) is 5.94. The van der Waals surface area contributed by atoms with Crippen LogP contribution in [0.5, 0.6) is 5.75 Å². The first-order valence-electron chi connectivity index (χ1n) is 10.8. The van der Waals surface area contributed by atoms with Crippen LogP contribution < -0.4 is 20.9 Å². The standard InChI is InChI=1S/C26H19F2N5O3S/c1-36-20-7-3-4-14(9-20)22-21(13-29)25(34)33-24(32-22)23(37)15-5-2-6-18(8-15)30-26(35)31-19-11-16(27)10-17(28)12-19/h2-12,23,37H,1H3,(H2,30,31,35)(H,32,33,34). The second-order valence-corrected chi connectivity index (χ2v) is 8.30.